The summed E-state index contributed by atoms with van der Waals surface area (Å²) in [6.07, 6.45) is 1.35. The van der Waals surface area contributed by atoms with Crippen molar-refractivity contribution in [2.45, 2.75) is 24.7 Å². The summed E-state index contributed by atoms with van der Waals surface area (Å²) in [5, 5.41) is 2.97. The van der Waals surface area contributed by atoms with Crippen LogP contribution in [0.3, 0.4) is 0 Å². The van der Waals surface area contributed by atoms with Crippen molar-refractivity contribution >= 4 is 23.5 Å². The molecule has 0 bridgehead atoms. The van der Waals surface area contributed by atoms with E-state index in [4.69, 9.17) is 0 Å². The minimum Gasteiger partial charge on any atom is -0.352 e. The van der Waals surface area contributed by atoms with Gasteiger partial charge in [0.2, 0.25) is 0 Å². The fourth-order valence-corrected chi connectivity index (χ4v) is 3.90. The highest BCUT2D eigenvalue weighted by Crippen LogP contribution is 2.32. The molecule has 3 nitrogen and oxygen atoms in total. The maximum absolute atomic E-state index is 12.4. The number of rotatable bonds is 4. The second-order valence-corrected chi connectivity index (χ2v) is 6.80. The zero-order valence-corrected chi connectivity index (χ0v) is 13.9. The smallest absolute Gasteiger partial charge is 0.252 e. The third-order valence-corrected chi connectivity index (χ3v) is 5.05. The summed E-state index contributed by atoms with van der Waals surface area (Å²) in [5.41, 5.74) is 3.74. The standard InChI is InChI=1S/C19H19NO2S/c1-13-4-2-5-14(12-13)8-10-20-19(22)16-7-3-6-15-17(21)9-11-23-18(15)16/h2-7,12H,8-11H2,1H3,(H,20,22). The van der Waals surface area contributed by atoms with E-state index in [-0.39, 0.29) is 11.7 Å². The highest BCUT2D eigenvalue weighted by molar-refractivity contribution is 7.99. The van der Waals surface area contributed by atoms with Crippen LogP contribution in [0.15, 0.2) is 47.4 Å². The second kappa shape index (κ2) is 7.01. The van der Waals surface area contributed by atoms with Crippen molar-refractivity contribution in [1.82, 2.24) is 5.32 Å². The average molecular weight is 325 g/mol. The van der Waals surface area contributed by atoms with E-state index in [9.17, 15) is 9.59 Å². The van der Waals surface area contributed by atoms with E-state index >= 15 is 0 Å². The maximum Gasteiger partial charge on any atom is 0.252 e. The van der Waals surface area contributed by atoms with Gasteiger partial charge in [-0.2, -0.15) is 0 Å². The van der Waals surface area contributed by atoms with Gasteiger partial charge in [-0.3, -0.25) is 9.59 Å². The van der Waals surface area contributed by atoms with Crippen LogP contribution in [0.4, 0.5) is 0 Å². The van der Waals surface area contributed by atoms with Crippen molar-refractivity contribution in [2.24, 2.45) is 0 Å². The van der Waals surface area contributed by atoms with Crippen LogP contribution < -0.4 is 5.32 Å². The van der Waals surface area contributed by atoms with Crippen LogP contribution in [-0.2, 0) is 6.42 Å². The molecular formula is C19H19NO2S. The molecule has 2 aromatic rings. The molecule has 0 atom stereocenters. The number of carbonyl (C=O) groups excluding carboxylic acids is 2. The summed E-state index contributed by atoms with van der Waals surface area (Å²) in [6.45, 7) is 2.65. The van der Waals surface area contributed by atoms with Crippen molar-refractivity contribution in [3.63, 3.8) is 0 Å². The molecule has 1 aliphatic rings. The average Bonchev–Trinajstić information content (AvgIpc) is 2.55. The summed E-state index contributed by atoms with van der Waals surface area (Å²) in [6, 6.07) is 13.7. The van der Waals surface area contributed by atoms with Crippen LogP contribution in [-0.4, -0.2) is 24.0 Å². The Bertz CT molecular complexity index is 755. The molecule has 0 saturated heterocycles. The van der Waals surface area contributed by atoms with Gasteiger partial charge in [-0.15, -0.1) is 11.8 Å². The topological polar surface area (TPSA) is 46.2 Å². The Kier molecular flexibility index (Phi) is 4.82. The molecule has 0 unspecified atom stereocenters. The molecule has 1 aliphatic heterocycles. The predicted molar refractivity (Wildman–Crippen MR) is 93.3 cm³/mol. The van der Waals surface area contributed by atoms with Gasteiger partial charge < -0.3 is 5.32 Å². The molecule has 0 aliphatic carbocycles. The second-order valence-electron chi connectivity index (χ2n) is 5.70. The third-order valence-electron chi connectivity index (χ3n) is 3.92. The number of hydrogen-bond acceptors (Lipinski definition) is 3. The van der Waals surface area contributed by atoms with Gasteiger partial charge in [0, 0.05) is 29.2 Å². The highest BCUT2D eigenvalue weighted by Gasteiger charge is 2.22. The molecule has 4 heteroatoms. The van der Waals surface area contributed by atoms with Gasteiger partial charge in [0.05, 0.1) is 5.56 Å². The van der Waals surface area contributed by atoms with Gasteiger partial charge >= 0.3 is 0 Å². The number of benzene rings is 2. The molecule has 0 aromatic heterocycles. The van der Waals surface area contributed by atoms with Crippen LogP contribution in [0.1, 0.15) is 38.3 Å². The maximum atomic E-state index is 12.4. The lowest BCUT2D eigenvalue weighted by atomic mass is 10.0. The van der Waals surface area contributed by atoms with Crippen molar-refractivity contribution in [3.05, 3.63) is 64.7 Å². The lowest BCUT2D eigenvalue weighted by Gasteiger charge is -2.17. The van der Waals surface area contributed by atoms with Crippen molar-refractivity contribution < 1.29 is 9.59 Å². The number of amides is 1. The molecule has 1 N–H and O–H groups in total. The summed E-state index contributed by atoms with van der Waals surface area (Å²) >= 11 is 1.60. The van der Waals surface area contributed by atoms with E-state index in [1.54, 1.807) is 23.9 Å². The third kappa shape index (κ3) is 3.64. The van der Waals surface area contributed by atoms with Crippen molar-refractivity contribution in [2.75, 3.05) is 12.3 Å². The van der Waals surface area contributed by atoms with Gasteiger partial charge in [0.15, 0.2) is 5.78 Å². The Morgan fingerprint density at radius 1 is 1.22 bits per heavy atom. The number of fused-ring (bicyclic) bond motifs is 1. The molecule has 0 radical (unpaired) electrons. The van der Waals surface area contributed by atoms with Crippen molar-refractivity contribution in [1.29, 1.82) is 0 Å². The Balaban J connectivity index is 1.67. The van der Waals surface area contributed by atoms with Crippen LogP contribution in [0.2, 0.25) is 0 Å². The fourth-order valence-electron chi connectivity index (χ4n) is 2.75. The SMILES string of the molecule is Cc1cccc(CCNC(=O)c2cccc3c2SCCC3=O)c1. The van der Waals surface area contributed by atoms with E-state index in [0.717, 1.165) is 17.1 Å². The quantitative estimate of drug-likeness (QED) is 0.933. The minimum absolute atomic E-state index is 0.100. The molecule has 0 fully saturated rings. The number of nitrogens with one attached hydrogen (secondary N) is 1. The molecule has 1 amide bonds. The van der Waals surface area contributed by atoms with E-state index < -0.39 is 0 Å². The highest BCUT2D eigenvalue weighted by atomic mass is 32.2. The zero-order valence-electron chi connectivity index (χ0n) is 13.1. The van der Waals surface area contributed by atoms with E-state index in [2.05, 4.69) is 30.4 Å². The van der Waals surface area contributed by atoms with E-state index in [1.807, 2.05) is 12.1 Å². The van der Waals surface area contributed by atoms with Gasteiger partial charge in [-0.05, 0) is 25.0 Å². The first kappa shape index (κ1) is 15.8. The predicted octanol–water partition coefficient (Wildman–Crippen LogP) is 3.65. The van der Waals surface area contributed by atoms with Crippen LogP contribution in [0.5, 0.6) is 0 Å². The Morgan fingerprint density at radius 3 is 2.87 bits per heavy atom. The Hall–Kier alpha value is -2.07. The molecule has 0 spiro atoms. The number of hydrogen-bond donors (Lipinski definition) is 1. The number of carbonyl (C=O) groups is 2. The van der Waals surface area contributed by atoms with Crippen LogP contribution >= 0.6 is 11.8 Å². The van der Waals surface area contributed by atoms with Crippen LogP contribution in [0, 0.1) is 6.92 Å². The minimum atomic E-state index is -0.100. The summed E-state index contributed by atoms with van der Waals surface area (Å²) in [4.78, 5) is 25.2. The number of Topliss-reactive ketones (excluding diaryl/α,β-unsaturated/α-hetero) is 1. The molecule has 2 aromatic carbocycles. The lowest BCUT2D eigenvalue weighted by molar-refractivity contribution is 0.0951. The van der Waals surface area contributed by atoms with E-state index in [0.29, 0.717) is 24.1 Å². The van der Waals surface area contributed by atoms with E-state index in [1.165, 1.54) is 11.1 Å². The molecule has 0 saturated carbocycles. The van der Waals surface area contributed by atoms with Gasteiger partial charge in [-0.1, -0.05) is 42.0 Å². The van der Waals surface area contributed by atoms with Crippen LogP contribution in [0.25, 0.3) is 0 Å². The molecular weight excluding hydrogens is 306 g/mol. The monoisotopic (exact) mass is 325 g/mol. The molecule has 3 rings (SSSR count). The van der Waals surface area contributed by atoms with Gasteiger partial charge in [-0.25, -0.2) is 0 Å². The molecule has 23 heavy (non-hydrogen) atoms. The fraction of sp³-hybridized carbons (Fsp3) is 0.263. The number of aryl methyl sites for hydroxylation is 1. The Morgan fingerprint density at radius 2 is 2.04 bits per heavy atom. The summed E-state index contributed by atoms with van der Waals surface area (Å²) < 4.78 is 0. The molecule has 118 valence electrons. The zero-order chi connectivity index (χ0) is 16.2. The largest absolute Gasteiger partial charge is 0.352 e. The van der Waals surface area contributed by atoms with Gasteiger partial charge in [0.25, 0.3) is 5.91 Å². The molecule has 1 heterocycles. The summed E-state index contributed by atoms with van der Waals surface area (Å²) in [5.74, 6) is 0.782. The normalized spacial score (nSPS) is 13.5. The first-order valence-corrected chi connectivity index (χ1v) is 8.76. The summed E-state index contributed by atoms with van der Waals surface area (Å²) in [7, 11) is 0. The van der Waals surface area contributed by atoms with Crippen molar-refractivity contribution in [3.8, 4) is 0 Å². The number of ketones is 1. The lowest BCUT2D eigenvalue weighted by Crippen LogP contribution is -2.27. The first-order chi connectivity index (χ1) is 11.1. The first-order valence-electron chi connectivity index (χ1n) is 7.78. The number of thioether (sulfide) groups is 1. The van der Waals surface area contributed by atoms with Gasteiger partial charge in [0.1, 0.15) is 0 Å². The Labute approximate surface area is 140 Å².